The van der Waals surface area contributed by atoms with Gasteiger partial charge in [0.2, 0.25) is 5.91 Å². The van der Waals surface area contributed by atoms with Gasteiger partial charge in [-0.15, -0.1) is 11.3 Å². The van der Waals surface area contributed by atoms with Crippen molar-refractivity contribution in [1.82, 2.24) is 20.2 Å². The van der Waals surface area contributed by atoms with Gasteiger partial charge in [0.05, 0.1) is 11.8 Å². The molecular formula is C26H30F3N5OS. The van der Waals surface area contributed by atoms with Crippen molar-refractivity contribution in [3.63, 3.8) is 0 Å². The zero-order valence-electron chi connectivity index (χ0n) is 20.0. The Balaban J connectivity index is 1.15. The van der Waals surface area contributed by atoms with E-state index in [9.17, 15) is 18.0 Å². The van der Waals surface area contributed by atoms with Crippen LogP contribution in [0.4, 0.5) is 19.0 Å². The summed E-state index contributed by atoms with van der Waals surface area (Å²) in [6.45, 7) is 2.30. The smallest absolute Gasteiger partial charge is 0.367 e. The van der Waals surface area contributed by atoms with E-state index < -0.39 is 12.6 Å². The fourth-order valence-corrected chi connectivity index (χ4v) is 6.15. The predicted octanol–water partition coefficient (Wildman–Crippen LogP) is 5.43. The van der Waals surface area contributed by atoms with E-state index in [1.165, 1.54) is 11.9 Å². The van der Waals surface area contributed by atoms with Crippen molar-refractivity contribution >= 4 is 33.3 Å². The number of nitrogens with one attached hydrogen (secondary N) is 2. The maximum Gasteiger partial charge on any atom is 0.393 e. The fraction of sp³-hybridized carbons (Fsp3) is 0.500. The van der Waals surface area contributed by atoms with Crippen LogP contribution in [0.3, 0.4) is 0 Å². The minimum atomic E-state index is -4.24. The zero-order chi connectivity index (χ0) is 25.1. The van der Waals surface area contributed by atoms with Gasteiger partial charge < -0.3 is 15.5 Å². The molecule has 6 nitrogen and oxygen atoms in total. The minimum absolute atomic E-state index is 0.195. The largest absolute Gasteiger partial charge is 0.393 e. The van der Waals surface area contributed by atoms with Crippen LogP contribution in [0.15, 0.2) is 36.7 Å². The lowest BCUT2D eigenvalue weighted by Crippen LogP contribution is -2.38. The summed E-state index contributed by atoms with van der Waals surface area (Å²) >= 11 is 1.07. The summed E-state index contributed by atoms with van der Waals surface area (Å²) in [5.41, 5.74) is 2.36. The van der Waals surface area contributed by atoms with E-state index in [-0.39, 0.29) is 16.8 Å². The Morgan fingerprint density at radius 3 is 2.58 bits per heavy atom. The highest BCUT2D eigenvalue weighted by Gasteiger charge is 2.29. The zero-order valence-corrected chi connectivity index (χ0v) is 20.8. The molecule has 0 spiro atoms. The summed E-state index contributed by atoms with van der Waals surface area (Å²) in [7, 11) is 0. The highest BCUT2D eigenvalue weighted by molar-refractivity contribution is 7.18. The van der Waals surface area contributed by atoms with Gasteiger partial charge in [0.15, 0.2) is 0 Å². The molecule has 0 radical (unpaired) electrons. The van der Waals surface area contributed by atoms with Crippen LogP contribution in [0.2, 0.25) is 0 Å². The summed E-state index contributed by atoms with van der Waals surface area (Å²) in [6, 6.07) is 10.5. The molecule has 36 heavy (non-hydrogen) atoms. The van der Waals surface area contributed by atoms with Crippen LogP contribution in [0.5, 0.6) is 0 Å². The first-order valence-electron chi connectivity index (χ1n) is 12.5. The van der Waals surface area contributed by atoms with Gasteiger partial charge in [-0.1, -0.05) is 24.3 Å². The standard InChI is InChI=1S/C26H30F3N5OS/c27-26(28,29)13-21-12-22-24(31-16-32-25(22)36-21)33-20-4-1-3-19(11-20)30-14-17-6-8-18(9-7-17)15-34-10-2-5-23(34)35/h6-9,12,16,19-20,30H,1-5,10-11,13-15H2,(H,31,32,33)/t19-,20+/m0/s1. The number of fused-ring (bicyclic) bond motifs is 1. The van der Waals surface area contributed by atoms with E-state index in [4.69, 9.17) is 0 Å². The quantitative estimate of drug-likeness (QED) is 0.417. The average Bonchev–Trinajstić information content (AvgIpc) is 3.43. The maximum atomic E-state index is 12.8. The molecule has 2 N–H and O–H groups in total. The molecule has 3 aromatic rings. The lowest BCUT2D eigenvalue weighted by molar-refractivity contribution is -0.128. The van der Waals surface area contributed by atoms with Crippen LogP contribution >= 0.6 is 11.3 Å². The molecule has 0 unspecified atom stereocenters. The number of rotatable bonds is 8. The Bertz CT molecular complexity index is 1200. The first-order chi connectivity index (χ1) is 17.3. The molecule has 2 aromatic heterocycles. The second-order valence-corrected chi connectivity index (χ2v) is 10.9. The van der Waals surface area contributed by atoms with Crippen LogP contribution in [-0.2, 0) is 24.3 Å². The molecular weight excluding hydrogens is 487 g/mol. The van der Waals surface area contributed by atoms with Crippen LogP contribution in [0.25, 0.3) is 10.2 Å². The number of nitrogens with zero attached hydrogens (tertiary/aromatic N) is 3. The highest BCUT2D eigenvalue weighted by Crippen LogP contribution is 2.33. The first-order valence-corrected chi connectivity index (χ1v) is 13.3. The molecule has 1 saturated carbocycles. The predicted molar refractivity (Wildman–Crippen MR) is 135 cm³/mol. The molecule has 1 saturated heterocycles. The number of thiophene rings is 1. The van der Waals surface area contributed by atoms with E-state index in [1.54, 1.807) is 6.07 Å². The average molecular weight is 518 g/mol. The Morgan fingerprint density at radius 2 is 1.83 bits per heavy atom. The van der Waals surface area contributed by atoms with Gasteiger partial charge in [0.1, 0.15) is 17.0 Å². The molecule has 192 valence electrons. The summed E-state index contributed by atoms with van der Waals surface area (Å²) < 4.78 is 38.5. The topological polar surface area (TPSA) is 70.2 Å². The Morgan fingerprint density at radius 1 is 1.06 bits per heavy atom. The number of halogens is 3. The number of amides is 1. The molecule has 2 aliphatic rings. The number of benzene rings is 1. The fourth-order valence-electron chi connectivity index (χ4n) is 5.12. The number of likely N-dealkylation sites (tertiary alicyclic amines) is 1. The molecule has 10 heteroatoms. The Kier molecular flexibility index (Phi) is 7.43. The second kappa shape index (κ2) is 10.7. The molecule has 1 aliphatic heterocycles. The maximum absolute atomic E-state index is 12.8. The van der Waals surface area contributed by atoms with Crippen LogP contribution in [0.1, 0.15) is 54.5 Å². The summed E-state index contributed by atoms with van der Waals surface area (Å²) in [6.07, 6.45) is 1.90. The normalized spacial score (nSPS) is 20.9. The Hall–Kier alpha value is -2.72. The van der Waals surface area contributed by atoms with E-state index in [0.29, 0.717) is 35.0 Å². The van der Waals surface area contributed by atoms with Gasteiger partial charge in [-0.05, 0) is 49.3 Å². The third-order valence-corrected chi connectivity index (χ3v) is 7.98. The number of carbonyl (C=O) groups excluding carboxylic acids is 1. The van der Waals surface area contributed by atoms with E-state index in [0.717, 1.165) is 62.1 Å². The van der Waals surface area contributed by atoms with Crippen LogP contribution in [-0.4, -0.2) is 45.6 Å². The van der Waals surface area contributed by atoms with Crippen LogP contribution < -0.4 is 10.6 Å². The molecule has 1 amide bonds. The molecule has 0 bridgehead atoms. The van der Waals surface area contributed by atoms with Crippen molar-refractivity contribution in [3.8, 4) is 0 Å². The molecule has 2 atom stereocenters. The third-order valence-electron chi connectivity index (χ3n) is 6.93. The van der Waals surface area contributed by atoms with Crippen molar-refractivity contribution in [2.24, 2.45) is 0 Å². The summed E-state index contributed by atoms with van der Waals surface area (Å²) in [4.78, 5) is 23.1. The van der Waals surface area contributed by atoms with Gasteiger partial charge in [-0.25, -0.2) is 9.97 Å². The van der Waals surface area contributed by atoms with Crippen molar-refractivity contribution in [3.05, 3.63) is 52.7 Å². The molecule has 5 rings (SSSR count). The van der Waals surface area contributed by atoms with Gasteiger partial charge in [-0.2, -0.15) is 13.2 Å². The van der Waals surface area contributed by atoms with Crippen molar-refractivity contribution < 1.29 is 18.0 Å². The Labute approximate surface area is 212 Å². The van der Waals surface area contributed by atoms with E-state index >= 15 is 0 Å². The van der Waals surface area contributed by atoms with Gasteiger partial charge >= 0.3 is 6.18 Å². The number of carbonyl (C=O) groups is 1. The van der Waals surface area contributed by atoms with Crippen LogP contribution in [0, 0.1) is 0 Å². The van der Waals surface area contributed by atoms with E-state index in [1.807, 2.05) is 4.90 Å². The van der Waals surface area contributed by atoms with Crippen molar-refractivity contribution in [1.29, 1.82) is 0 Å². The number of hydrogen-bond acceptors (Lipinski definition) is 6. The van der Waals surface area contributed by atoms with Gasteiger partial charge in [-0.3, -0.25) is 4.79 Å². The first kappa shape index (κ1) is 25.0. The lowest BCUT2D eigenvalue weighted by Gasteiger charge is -2.31. The summed E-state index contributed by atoms with van der Waals surface area (Å²) in [5, 5.41) is 7.80. The molecule has 2 fully saturated rings. The van der Waals surface area contributed by atoms with Crippen molar-refractivity contribution in [2.75, 3.05) is 11.9 Å². The SMILES string of the molecule is O=C1CCCN1Cc1ccc(CN[C@H]2CCC[C@@H](Nc3ncnc4sc(CC(F)(F)F)cc34)C2)cc1. The molecule has 1 aromatic carbocycles. The van der Waals surface area contributed by atoms with Gasteiger partial charge in [0.25, 0.3) is 0 Å². The monoisotopic (exact) mass is 517 g/mol. The number of hydrogen-bond donors (Lipinski definition) is 2. The number of anilines is 1. The van der Waals surface area contributed by atoms with Gasteiger partial charge in [0, 0.05) is 43.0 Å². The minimum Gasteiger partial charge on any atom is -0.367 e. The molecule has 3 heterocycles. The van der Waals surface area contributed by atoms with Crippen molar-refractivity contribution in [2.45, 2.75) is 76.3 Å². The number of alkyl halides is 3. The lowest BCUT2D eigenvalue weighted by atomic mass is 9.90. The highest BCUT2D eigenvalue weighted by atomic mass is 32.1. The van der Waals surface area contributed by atoms with E-state index in [2.05, 4.69) is 44.9 Å². The second-order valence-electron chi connectivity index (χ2n) is 9.77. The molecule has 1 aliphatic carbocycles. The number of aromatic nitrogens is 2. The third kappa shape index (κ3) is 6.34. The summed E-state index contributed by atoms with van der Waals surface area (Å²) in [5.74, 6) is 0.854.